The Balaban J connectivity index is 0.000000607. The third-order valence-corrected chi connectivity index (χ3v) is 6.75. The summed E-state index contributed by atoms with van der Waals surface area (Å²) in [5.41, 5.74) is 8.24. The van der Waals surface area contributed by atoms with Crippen molar-refractivity contribution in [3.05, 3.63) is 122 Å². The number of nitrogens with one attached hydrogen (secondary N) is 3. The molecule has 1 aliphatic rings. The van der Waals surface area contributed by atoms with Gasteiger partial charge in [0.1, 0.15) is 5.82 Å². The predicted octanol–water partition coefficient (Wildman–Crippen LogP) is 6.07. The first kappa shape index (κ1) is 39.8. The quantitative estimate of drug-likeness (QED) is 0.148. The number of rotatable bonds is 15. The van der Waals surface area contributed by atoms with Crippen molar-refractivity contribution in [3.63, 3.8) is 0 Å². The predicted molar refractivity (Wildman–Crippen MR) is 186 cm³/mol. The fraction of sp³-hybridized carbons (Fsp3) is 0.444. The Morgan fingerprint density at radius 2 is 1.70 bits per heavy atom. The van der Waals surface area contributed by atoms with Crippen molar-refractivity contribution in [3.8, 4) is 0 Å². The van der Waals surface area contributed by atoms with Gasteiger partial charge in [-0.2, -0.15) is 0 Å². The zero-order valence-electron chi connectivity index (χ0n) is 27.3. The number of hydrogen-bond acceptors (Lipinski definition) is 6. The van der Waals surface area contributed by atoms with Crippen LogP contribution in [-0.2, 0) is 13.1 Å². The first-order valence-corrected chi connectivity index (χ1v) is 15.3. The van der Waals surface area contributed by atoms with Gasteiger partial charge in [-0.15, -0.1) is 13.2 Å². The van der Waals surface area contributed by atoms with Crippen molar-refractivity contribution in [2.45, 2.75) is 58.8 Å². The summed E-state index contributed by atoms with van der Waals surface area (Å²) in [7, 11) is 2.17. The molecular weight excluding hydrogens is 535 g/mol. The summed E-state index contributed by atoms with van der Waals surface area (Å²) < 4.78 is 12.5. The minimum Gasteiger partial charge on any atom is -0.390 e. The van der Waals surface area contributed by atoms with Crippen molar-refractivity contribution in [1.82, 2.24) is 25.8 Å². The minimum atomic E-state index is -0.222. The molecule has 240 valence electrons. The SMILES string of the molecule is C=C(NCc1ccccc1)C1CCCN1C.C=CC.C=CCNCCN(CCNC=C)C(C)C.NCc1ccccc1F. The van der Waals surface area contributed by atoms with Gasteiger partial charge in [-0.25, -0.2) is 4.39 Å². The van der Waals surface area contributed by atoms with Crippen LogP contribution in [0.2, 0.25) is 0 Å². The number of hydrogen-bond donors (Lipinski definition) is 4. The number of benzene rings is 2. The molecule has 1 unspecified atom stereocenters. The Bertz CT molecular complexity index is 994. The molecule has 1 saturated heterocycles. The van der Waals surface area contributed by atoms with Crippen LogP contribution in [0.5, 0.6) is 0 Å². The van der Waals surface area contributed by atoms with Crippen LogP contribution in [-0.4, -0.2) is 68.2 Å². The Labute approximate surface area is 262 Å². The van der Waals surface area contributed by atoms with E-state index < -0.39 is 0 Å². The van der Waals surface area contributed by atoms with Crippen LogP contribution in [0, 0.1) is 5.82 Å². The Morgan fingerprint density at radius 1 is 1.07 bits per heavy atom. The van der Waals surface area contributed by atoms with Crippen LogP contribution in [0.25, 0.3) is 0 Å². The van der Waals surface area contributed by atoms with E-state index in [9.17, 15) is 4.39 Å². The Morgan fingerprint density at radius 3 is 2.21 bits per heavy atom. The highest BCUT2D eigenvalue weighted by atomic mass is 19.1. The van der Waals surface area contributed by atoms with Gasteiger partial charge < -0.3 is 21.7 Å². The molecule has 0 spiro atoms. The lowest BCUT2D eigenvalue weighted by molar-refractivity contribution is 0.226. The maximum Gasteiger partial charge on any atom is 0.127 e. The van der Waals surface area contributed by atoms with E-state index in [2.05, 4.69) is 97.2 Å². The summed E-state index contributed by atoms with van der Waals surface area (Å²) in [5.74, 6) is -0.222. The molecule has 0 radical (unpaired) electrons. The van der Waals surface area contributed by atoms with E-state index in [1.54, 1.807) is 30.5 Å². The average molecular weight is 595 g/mol. The fourth-order valence-corrected chi connectivity index (χ4v) is 4.31. The number of nitrogens with zero attached hydrogens (tertiary/aromatic N) is 2. The molecule has 43 heavy (non-hydrogen) atoms. The van der Waals surface area contributed by atoms with E-state index >= 15 is 0 Å². The highest BCUT2D eigenvalue weighted by molar-refractivity contribution is 5.17. The van der Waals surface area contributed by atoms with E-state index in [4.69, 9.17) is 5.73 Å². The summed E-state index contributed by atoms with van der Waals surface area (Å²) >= 11 is 0. The smallest absolute Gasteiger partial charge is 0.127 e. The van der Waals surface area contributed by atoms with Crippen LogP contribution in [0.15, 0.2) is 105 Å². The molecular formula is C36H59FN6. The monoisotopic (exact) mass is 594 g/mol. The molecule has 6 nitrogen and oxygen atoms in total. The van der Waals surface area contributed by atoms with Gasteiger partial charge in [0.25, 0.3) is 0 Å². The van der Waals surface area contributed by atoms with E-state index in [0.29, 0.717) is 17.6 Å². The summed E-state index contributed by atoms with van der Waals surface area (Å²) in [6, 6.07) is 18.1. The van der Waals surface area contributed by atoms with Crippen molar-refractivity contribution >= 4 is 0 Å². The third kappa shape index (κ3) is 19.6. The zero-order chi connectivity index (χ0) is 32.3. The maximum absolute atomic E-state index is 12.5. The van der Waals surface area contributed by atoms with E-state index in [0.717, 1.165) is 45.0 Å². The number of allylic oxidation sites excluding steroid dienone is 1. The molecule has 0 aliphatic carbocycles. The van der Waals surface area contributed by atoms with Gasteiger partial charge in [0.2, 0.25) is 0 Å². The average Bonchev–Trinajstić information content (AvgIpc) is 3.45. The van der Waals surface area contributed by atoms with Crippen LogP contribution in [0.3, 0.4) is 0 Å². The van der Waals surface area contributed by atoms with Crippen molar-refractivity contribution in [1.29, 1.82) is 0 Å². The molecule has 1 atom stereocenters. The van der Waals surface area contributed by atoms with Gasteiger partial charge in [-0.3, -0.25) is 9.80 Å². The van der Waals surface area contributed by atoms with Gasteiger partial charge in [0.05, 0.1) is 0 Å². The van der Waals surface area contributed by atoms with Crippen LogP contribution >= 0.6 is 0 Å². The normalized spacial score (nSPS) is 13.8. The lowest BCUT2D eigenvalue weighted by Gasteiger charge is -2.26. The van der Waals surface area contributed by atoms with Gasteiger partial charge in [-0.05, 0) is 65.0 Å². The minimum absolute atomic E-state index is 0.222. The molecule has 1 heterocycles. The van der Waals surface area contributed by atoms with Crippen LogP contribution in [0.4, 0.5) is 4.39 Å². The highest BCUT2D eigenvalue weighted by Gasteiger charge is 2.23. The van der Waals surface area contributed by atoms with Gasteiger partial charge >= 0.3 is 0 Å². The Hall–Kier alpha value is -3.23. The molecule has 1 fully saturated rings. The first-order chi connectivity index (χ1) is 20.7. The molecule has 5 N–H and O–H groups in total. The van der Waals surface area contributed by atoms with E-state index in [1.165, 1.54) is 31.0 Å². The second-order valence-electron chi connectivity index (χ2n) is 10.5. The second kappa shape index (κ2) is 26.4. The number of likely N-dealkylation sites (tertiary alicyclic amines) is 1. The number of nitrogens with two attached hydrogens (primary N) is 1. The molecule has 0 amide bonds. The second-order valence-corrected chi connectivity index (χ2v) is 10.5. The molecule has 0 bridgehead atoms. The molecule has 3 rings (SSSR count). The van der Waals surface area contributed by atoms with E-state index in [1.807, 2.05) is 19.1 Å². The van der Waals surface area contributed by atoms with Crippen LogP contribution < -0.4 is 21.7 Å². The topological polar surface area (TPSA) is 68.6 Å². The molecule has 2 aromatic rings. The molecule has 0 aromatic heterocycles. The zero-order valence-corrected chi connectivity index (χ0v) is 27.3. The largest absolute Gasteiger partial charge is 0.390 e. The van der Waals surface area contributed by atoms with Gasteiger partial charge in [0, 0.05) is 69.2 Å². The third-order valence-electron chi connectivity index (χ3n) is 6.75. The molecule has 1 aliphatic heterocycles. The number of likely N-dealkylation sites (N-methyl/N-ethyl adjacent to an activating group) is 1. The standard InChI is InChI=1S/C14H20N2.C12H25N3.C7H8FN.C3H6/c1-12(14-9-6-10-16(14)2)15-11-13-7-4-3-5-8-13;1-5-7-14-9-11-15(12(3)4)10-8-13-6-2;8-7-4-2-1-3-6(7)5-9;1-3-2/h3-5,7-8,14-15H,1,6,9-11H2,2H3;5-6,12-14H,1-2,7-11H2,3-4H3;1-4H,5,9H2;3H,1H2,2H3. The summed E-state index contributed by atoms with van der Waals surface area (Å²) in [6.45, 7) is 28.5. The van der Waals surface area contributed by atoms with Crippen molar-refractivity contribution < 1.29 is 4.39 Å². The van der Waals surface area contributed by atoms with Crippen LogP contribution in [0.1, 0.15) is 44.7 Å². The first-order valence-electron chi connectivity index (χ1n) is 15.3. The Kier molecular flexibility index (Phi) is 24.4. The summed E-state index contributed by atoms with van der Waals surface area (Å²) in [6.07, 6.45) is 7.90. The summed E-state index contributed by atoms with van der Waals surface area (Å²) in [5, 5.41) is 9.87. The van der Waals surface area contributed by atoms with Crippen molar-refractivity contribution in [2.75, 3.05) is 46.3 Å². The lowest BCUT2D eigenvalue weighted by Crippen LogP contribution is -2.40. The number of halogens is 1. The fourth-order valence-electron chi connectivity index (χ4n) is 4.31. The summed E-state index contributed by atoms with van der Waals surface area (Å²) in [4.78, 5) is 4.81. The van der Waals surface area contributed by atoms with Gasteiger partial charge in [-0.1, -0.05) is 73.8 Å². The molecule has 2 aromatic carbocycles. The lowest BCUT2D eigenvalue weighted by atomic mass is 10.1. The molecule has 0 saturated carbocycles. The molecule has 7 heteroatoms. The highest BCUT2D eigenvalue weighted by Crippen LogP contribution is 2.19. The maximum atomic E-state index is 12.5. The van der Waals surface area contributed by atoms with Gasteiger partial charge in [0.15, 0.2) is 0 Å². The van der Waals surface area contributed by atoms with Crippen molar-refractivity contribution in [2.24, 2.45) is 5.73 Å². The van der Waals surface area contributed by atoms with E-state index in [-0.39, 0.29) is 12.4 Å².